The molecule has 3 aromatic rings. The summed E-state index contributed by atoms with van der Waals surface area (Å²) < 4.78 is 7.80. The number of amides is 1. The summed E-state index contributed by atoms with van der Waals surface area (Å²) in [4.78, 5) is 13.2. The summed E-state index contributed by atoms with van der Waals surface area (Å²) in [5.41, 5.74) is 3.40. The monoisotopic (exact) mass is 571 g/mol. The molecule has 1 heterocycles. The van der Waals surface area contributed by atoms with Crippen LogP contribution >= 0.6 is 34.8 Å². The second-order valence-electron chi connectivity index (χ2n) is 11.3. The average molecular weight is 573 g/mol. The van der Waals surface area contributed by atoms with Crippen molar-refractivity contribution >= 4 is 40.7 Å². The molecular weight excluding hydrogens is 541 g/mol. The summed E-state index contributed by atoms with van der Waals surface area (Å²) in [6.45, 7) is 3.65. The van der Waals surface area contributed by atoms with E-state index in [0.29, 0.717) is 45.5 Å². The van der Waals surface area contributed by atoms with Crippen LogP contribution < -0.4 is 5.32 Å². The Labute approximate surface area is 238 Å². The predicted molar refractivity (Wildman–Crippen MR) is 152 cm³/mol. The highest BCUT2D eigenvalue weighted by Crippen LogP contribution is 2.56. The Kier molecular flexibility index (Phi) is 7.47. The Morgan fingerprint density at radius 2 is 1.63 bits per heavy atom. The number of nitrogens with zero attached hydrogens (tertiary/aromatic N) is 2. The highest BCUT2D eigenvalue weighted by molar-refractivity contribution is 6.35. The summed E-state index contributed by atoms with van der Waals surface area (Å²) in [5.74, 6) is 4.09. The minimum Gasteiger partial charge on any atom is -0.379 e. The zero-order chi connectivity index (χ0) is 26.4. The summed E-state index contributed by atoms with van der Waals surface area (Å²) in [5, 5.41) is 9.31. The minimum atomic E-state index is -0.236. The highest BCUT2D eigenvalue weighted by Gasteiger charge is 2.48. The van der Waals surface area contributed by atoms with Gasteiger partial charge in [0, 0.05) is 34.3 Å². The molecule has 0 saturated heterocycles. The van der Waals surface area contributed by atoms with E-state index < -0.39 is 0 Å². The third-order valence-electron chi connectivity index (χ3n) is 8.86. The third-order valence-corrected chi connectivity index (χ3v) is 9.65. The van der Waals surface area contributed by atoms with Crippen LogP contribution in [0.2, 0.25) is 15.1 Å². The molecule has 5 nitrogen and oxygen atoms in total. The van der Waals surface area contributed by atoms with Gasteiger partial charge in [0.1, 0.15) is 0 Å². The maximum absolute atomic E-state index is 13.2. The second kappa shape index (κ2) is 10.8. The Morgan fingerprint density at radius 1 is 0.974 bits per heavy atom. The molecule has 0 unspecified atom stereocenters. The molecule has 200 valence electrons. The van der Waals surface area contributed by atoms with E-state index in [-0.39, 0.29) is 5.91 Å². The molecule has 1 aromatic heterocycles. The maximum Gasteiger partial charge on any atom is 0.272 e. The van der Waals surface area contributed by atoms with E-state index in [1.165, 1.54) is 32.1 Å². The molecule has 4 aliphatic rings. The Bertz CT molecular complexity index is 1310. The van der Waals surface area contributed by atoms with Gasteiger partial charge in [0.15, 0.2) is 5.69 Å². The van der Waals surface area contributed by atoms with Crippen molar-refractivity contribution in [1.29, 1.82) is 0 Å². The van der Waals surface area contributed by atoms with Crippen LogP contribution in [0.3, 0.4) is 0 Å². The molecule has 0 aliphatic heterocycles. The van der Waals surface area contributed by atoms with Crippen LogP contribution in [0.4, 0.5) is 0 Å². The van der Waals surface area contributed by atoms with Gasteiger partial charge >= 0.3 is 0 Å². The third kappa shape index (κ3) is 5.11. The standard InChI is InChI=1S/C30H32Cl3N3O2/c1-17-28(30(37)34-8-9-38-16-25-21-11-18-10-19(13-21)14-22(25)12-18)35-36(27-7-6-24(32)15-26(27)33)29(17)20-2-4-23(31)5-3-20/h2-7,15,18-19,21-22,25H,8-14,16H2,1H3,(H,34,37)/t18-,19+,21-,22+,25?. The number of benzene rings is 2. The van der Waals surface area contributed by atoms with Crippen molar-refractivity contribution in [3.63, 3.8) is 0 Å². The largest absolute Gasteiger partial charge is 0.379 e. The second-order valence-corrected chi connectivity index (χ2v) is 12.5. The molecule has 38 heavy (non-hydrogen) atoms. The molecule has 4 saturated carbocycles. The maximum atomic E-state index is 13.2. The van der Waals surface area contributed by atoms with Crippen LogP contribution in [0.5, 0.6) is 0 Å². The molecule has 4 aliphatic carbocycles. The highest BCUT2D eigenvalue weighted by atomic mass is 35.5. The van der Waals surface area contributed by atoms with Gasteiger partial charge in [0.05, 0.1) is 23.0 Å². The zero-order valence-electron chi connectivity index (χ0n) is 21.4. The van der Waals surface area contributed by atoms with Crippen molar-refractivity contribution in [2.24, 2.45) is 29.6 Å². The van der Waals surface area contributed by atoms with Crippen molar-refractivity contribution in [2.45, 2.75) is 39.0 Å². The van der Waals surface area contributed by atoms with Crippen LogP contribution in [0.15, 0.2) is 42.5 Å². The van der Waals surface area contributed by atoms with Gasteiger partial charge in [-0.05, 0) is 98.9 Å². The number of aromatic nitrogens is 2. The van der Waals surface area contributed by atoms with Gasteiger partial charge in [-0.2, -0.15) is 5.10 Å². The number of hydrogen-bond donors (Lipinski definition) is 1. The molecule has 1 N–H and O–H groups in total. The first kappa shape index (κ1) is 26.2. The predicted octanol–water partition coefficient (Wildman–Crippen LogP) is 7.63. The zero-order valence-corrected chi connectivity index (χ0v) is 23.7. The fraction of sp³-hybridized carbons (Fsp3) is 0.467. The van der Waals surface area contributed by atoms with Crippen molar-refractivity contribution in [3.05, 3.63) is 68.8 Å². The van der Waals surface area contributed by atoms with Gasteiger partial charge in [0.25, 0.3) is 5.91 Å². The number of carbonyl (C=O) groups excluding carboxylic acids is 1. The van der Waals surface area contributed by atoms with Gasteiger partial charge in [-0.15, -0.1) is 0 Å². The summed E-state index contributed by atoms with van der Waals surface area (Å²) in [6, 6.07) is 12.7. The Morgan fingerprint density at radius 3 is 2.29 bits per heavy atom. The van der Waals surface area contributed by atoms with E-state index in [1.54, 1.807) is 22.9 Å². The summed E-state index contributed by atoms with van der Waals surface area (Å²) >= 11 is 18.8. The van der Waals surface area contributed by atoms with Crippen molar-refractivity contribution < 1.29 is 9.53 Å². The molecule has 0 spiro atoms. The molecule has 0 radical (unpaired) electrons. The molecule has 8 heteroatoms. The SMILES string of the molecule is Cc1c(C(=O)NCCOCC2[C@H]3C[C@@H]4C[C@@H](C[C@H]2C4)C3)nn(-c2ccc(Cl)cc2Cl)c1-c1ccc(Cl)cc1. The molecular formula is C30H32Cl3N3O2. The van der Waals surface area contributed by atoms with Gasteiger partial charge in [-0.3, -0.25) is 4.79 Å². The van der Waals surface area contributed by atoms with Crippen LogP contribution in [0.25, 0.3) is 16.9 Å². The van der Waals surface area contributed by atoms with E-state index in [0.717, 1.165) is 47.1 Å². The van der Waals surface area contributed by atoms with Crippen molar-refractivity contribution in [3.8, 4) is 16.9 Å². The molecule has 7 rings (SSSR count). The average Bonchev–Trinajstić information content (AvgIpc) is 3.22. The number of nitrogens with one attached hydrogen (secondary N) is 1. The van der Waals surface area contributed by atoms with E-state index in [1.807, 2.05) is 31.2 Å². The lowest BCUT2D eigenvalue weighted by Crippen LogP contribution is -2.46. The lowest BCUT2D eigenvalue weighted by molar-refractivity contribution is -0.0708. The molecule has 2 aromatic carbocycles. The van der Waals surface area contributed by atoms with E-state index in [2.05, 4.69) is 5.32 Å². The van der Waals surface area contributed by atoms with Gasteiger partial charge in [-0.1, -0.05) is 46.9 Å². The first-order valence-corrected chi connectivity index (χ1v) is 14.7. The fourth-order valence-electron chi connectivity index (χ4n) is 7.34. The van der Waals surface area contributed by atoms with Crippen LogP contribution in [-0.2, 0) is 4.74 Å². The quantitative estimate of drug-likeness (QED) is 0.282. The number of ether oxygens (including phenoxy) is 1. The van der Waals surface area contributed by atoms with Gasteiger partial charge in [0.2, 0.25) is 0 Å². The first-order chi connectivity index (χ1) is 18.4. The minimum absolute atomic E-state index is 0.236. The normalized spacial score (nSPS) is 25.6. The van der Waals surface area contributed by atoms with Crippen molar-refractivity contribution in [2.75, 3.05) is 19.8 Å². The molecule has 1 amide bonds. The summed E-state index contributed by atoms with van der Waals surface area (Å²) in [6.07, 6.45) is 7.05. The van der Waals surface area contributed by atoms with Gasteiger partial charge in [-0.25, -0.2) is 4.68 Å². The molecule has 4 bridgehead atoms. The van der Waals surface area contributed by atoms with Crippen LogP contribution in [0, 0.1) is 36.5 Å². The Hall–Kier alpha value is -2.05. The smallest absolute Gasteiger partial charge is 0.272 e. The van der Waals surface area contributed by atoms with Crippen LogP contribution in [-0.4, -0.2) is 35.4 Å². The Balaban J connectivity index is 1.14. The fourth-order valence-corrected chi connectivity index (χ4v) is 7.95. The van der Waals surface area contributed by atoms with Crippen LogP contribution in [0.1, 0.15) is 48.2 Å². The molecule has 0 atom stereocenters. The van der Waals surface area contributed by atoms with E-state index >= 15 is 0 Å². The number of rotatable bonds is 8. The lowest BCUT2D eigenvalue weighted by Gasteiger charge is -2.54. The number of hydrogen-bond acceptors (Lipinski definition) is 3. The first-order valence-electron chi connectivity index (χ1n) is 13.5. The van der Waals surface area contributed by atoms with E-state index in [4.69, 9.17) is 44.6 Å². The van der Waals surface area contributed by atoms with Crippen molar-refractivity contribution in [1.82, 2.24) is 15.1 Å². The lowest BCUT2D eigenvalue weighted by atomic mass is 9.52. The number of halogens is 3. The summed E-state index contributed by atoms with van der Waals surface area (Å²) in [7, 11) is 0. The van der Waals surface area contributed by atoms with Gasteiger partial charge < -0.3 is 10.1 Å². The number of carbonyl (C=O) groups is 1. The van der Waals surface area contributed by atoms with E-state index in [9.17, 15) is 4.79 Å². The topological polar surface area (TPSA) is 56.1 Å². The molecule has 4 fully saturated rings.